The third-order valence-electron chi connectivity index (χ3n) is 4.82. The summed E-state index contributed by atoms with van der Waals surface area (Å²) >= 11 is 3.03. The van der Waals surface area contributed by atoms with Crippen molar-refractivity contribution in [2.75, 3.05) is 35.8 Å². The van der Waals surface area contributed by atoms with E-state index in [1.165, 1.54) is 35.0 Å². The van der Waals surface area contributed by atoms with Gasteiger partial charge in [0.2, 0.25) is 5.91 Å². The zero-order valence-corrected chi connectivity index (χ0v) is 17.6. The van der Waals surface area contributed by atoms with Crippen LogP contribution in [0.25, 0.3) is 10.2 Å². The number of carbonyl (C=O) groups is 1. The number of nitrogen functional groups attached to an aromatic ring is 1. The van der Waals surface area contributed by atoms with Gasteiger partial charge in [0, 0.05) is 30.3 Å². The molecule has 0 atom stereocenters. The van der Waals surface area contributed by atoms with E-state index in [-0.39, 0.29) is 11.7 Å². The third-order valence-corrected chi connectivity index (χ3v) is 6.85. The van der Waals surface area contributed by atoms with Crippen LogP contribution in [0.2, 0.25) is 0 Å². The molecule has 2 heterocycles. The Balaban J connectivity index is 1.43. The van der Waals surface area contributed by atoms with E-state index >= 15 is 0 Å². The van der Waals surface area contributed by atoms with E-state index < -0.39 is 0 Å². The van der Waals surface area contributed by atoms with Crippen LogP contribution in [-0.2, 0) is 17.6 Å². The predicted octanol–water partition coefficient (Wildman–Crippen LogP) is 3.95. The van der Waals surface area contributed by atoms with Crippen molar-refractivity contribution in [2.24, 2.45) is 0 Å². The Labute approximate surface area is 172 Å². The first-order chi connectivity index (χ1) is 13.5. The van der Waals surface area contributed by atoms with Crippen LogP contribution in [0, 0.1) is 0 Å². The highest BCUT2D eigenvalue weighted by Crippen LogP contribution is 2.38. The van der Waals surface area contributed by atoms with Gasteiger partial charge < -0.3 is 16.0 Å². The molecule has 8 heteroatoms. The first-order valence-corrected chi connectivity index (χ1v) is 11.1. The number of thiophene rings is 1. The number of aromatic nitrogens is 2. The fraction of sp³-hybridized carbons (Fsp3) is 0.350. The number of anilines is 3. The van der Waals surface area contributed by atoms with Gasteiger partial charge in [-0.25, -0.2) is 9.97 Å². The number of amides is 1. The van der Waals surface area contributed by atoms with Gasteiger partial charge in [-0.3, -0.25) is 4.79 Å². The summed E-state index contributed by atoms with van der Waals surface area (Å²) in [6, 6.07) is 7.74. The normalized spacial score (nSPS) is 13.4. The number of rotatable bonds is 5. The largest absolute Gasteiger partial charge is 0.383 e. The number of nitrogens with zero attached hydrogens (tertiary/aromatic N) is 3. The fourth-order valence-electron chi connectivity index (χ4n) is 3.40. The van der Waals surface area contributed by atoms with Crippen molar-refractivity contribution in [3.05, 3.63) is 34.7 Å². The molecule has 0 bridgehead atoms. The molecule has 1 aliphatic rings. The van der Waals surface area contributed by atoms with Crippen LogP contribution >= 0.6 is 23.1 Å². The lowest BCUT2D eigenvalue weighted by Gasteiger charge is -2.13. The summed E-state index contributed by atoms with van der Waals surface area (Å²) in [6.07, 6.45) is 4.59. The van der Waals surface area contributed by atoms with E-state index in [2.05, 4.69) is 15.3 Å². The predicted molar refractivity (Wildman–Crippen MR) is 119 cm³/mol. The van der Waals surface area contributed by atoms with E-state index in [4.69, 9.17) is 5.73 Å². The van der Waals surface area contributed by atoms with Crippen molar-refractivity contribution in [1.29, 1.82) is 0 Å². The van der Waals surface area contributed by atoms with Gasteiger partial charge in [0.25, 0.3) is 0 Å². The minimum absolute atomic E-state index is 0.0876. The molecule has 0 saturated carbocycles. The standard InChI is InChI=1S/C20H23N5OS2/c1-25(2)13-9-7-12(8-10-13)22-16(26)11-27-20-23-18(21)17-14-5-3-4-6-15(14)28-19(17)24-20/h7-10H,3-6,11H2,1-2H3,(H,22,26)(H2,21,23,24). The maximum Gasteiger partial charge on any atom is 0.234 e. The highest BCUT2D eigenvalue weighted by atomic mass is 32.2. The molecule has 6 nitrogen and oxygen atoms in total. The fourth-order valence-corrected chi connectivity index (χ4v) is 5.38. The number of aryl methyl sites for hydroxylation is 2. The summed E-state index contributed by atoms with van der Waals surface area (Å²) in [4.78, 5) is 25.7. The first-order valence-electron chi connectivity index (χ1n) is 9.29. The van der Waals surface area contributed by atoms with E-state index in [0.717, 1.165) is 34.4 Å². The second-order valence-corrected chi connectivity index (χ2v) is 9.09. The number of hydrogen-bond acceptors (Lipinski definition) is 7. The summed E-state index contributed by atoms with van der Waals surface area (Å²) in [5.74, 6) is 0.688. The van der Waals surface area contributed by atoms with Gasteiger partial charge in [0.05, 0.1) is 11.1 Å². The number of thioether (sulfide) groups is 1. The van der Waals surface area contributed by atoms with Crippen molar-refractivity contribution >= 4 is 56.4 Å². The molecule has 1 aliphatic carbocycles. The topological polar surface area (TPSA) is 84.1 Å². The molecule has 0 saturated heterocycles. The monoisotopic (exact) mass is 413 g/mol. The van der Waals surface area contributed by atoms with Crippen LogP contribution in [0.1, 0.15) is 23.3 Å². The van der Waals surface area contributed by atoms with E-state index in [1.54, 1.807) is 11.3 Å². The molecule has 146 valence electrons. The highest BCUT2D eigenvalue weighted by molar-refractivity contribution is 7.99. The summed E-state index contributed by atoms with van der Waals surface area (Å²) in [7, 11) is 3.97. The van der Waals surface area contributed by atoms with E-state index in [1.807, 2.05) is 43.3 Å². The molecular weight excluding hydrogens is 390 g/mol. The van der Waals surface area contributed by atoms with E-state index in [9.17, 15) is 4.79 Å². The van der Waals surface area contributed by atoms with Crippen LogP contribution in [-0.4, -0.2) is 35.7 Å². The van der Waals surface area contributed by atoms with Crippen LogP contribution in [0.15, 0.2) is 29.4 Å². The Morgan fingerprint density at radius 1 is 1.21 bits per heavy atom. The molecule has 0 unspecified atom stereocenters. The number of fused-ring (bicyclic) bond motifs is 3. The van der Waals surface area contributed by atoms with Crippen LogP contribution in [0.3, 0.4) is 0 Å². The second kappa shape index (κ2) is 7.97. The highest BCUT2D eigenvalue weighted by Gasteiger charge is 2.20. The van der Waals surface area contributed by atoms with Crippen LogP contribution < -0.4 is 16.0 Å². The van der Waals surface area contributed by atoms with Gasteiger partial charge in [0.1, 0.15) is 10.6 Å². The second-order valence-electron chi connectivity index (χ2n) is 7.06. The molecule has 0 spiro atoms. The zero-order chi connectivity index (χ0) is 19.7. The molecule has 0 radical (unpaired) electrons. The Hall–Kier alpha value is -2.32. The summed E-state index contributed by atoms with van der Waals surface area (Å²) in [5, 5.41) is 4.49. The molecule has 2 aromatic heterocycles. The van der Waals surface area contributed by atoms with Gasteiger partial charge in [-0.2, -0.15) is 0 Å². The lowest BCUT2D eigenvalue weighted by molar-refractivity contribution is -0.113. The molecule has 28 heavy (non-hydrogen) atoms. The molecular formula is C20H23N5OS2. The zero-order valence-electron chi connectivity index (χ0n) is 16.0. The van der Waals surface area contributed by atoms with Gasteiger partial charge in [-0.15, -0.1) is 11.3 Å². The number of benzene rings is 1. The summed E-state index contributed by atoms with van der Waals surface area (Å²) in [6.45, 7) is 0. The Bertz CT molecular complexity index is 1010. The first kappa shape index (κ1) is 19.0. The smallest absolute Gasteiger partial charge is 0.234 e. The molecule has 3 aromatic rings. The Morgan fingerprint density at radius 2 is 1.96 bits per heavy atom. The Morgan fingerprint density at radius 3 is 2.71 bits per heavy atom. The molecule has 1 aromatic carbocycles. The lowest BCUT2D eigenvalue weighted by atomic mass is 9.97. The Kier molecular flexibility index (Phi) is 5.41. The lowest BCUT2D eigenvalue weighted by Crippen LogP contribution is -2.14. The van der Waals surface area contributed by atoms with Crippen molar-refractivity contribution in [1.82, 2.24) is 9.97 Å². The van der Waals surface area contributed by atoms with Gasteiger partial charge in [-0.1, -0.05) is 11.8 Å². The maximum atomic E-state index is 12.3. The average Bonchev–Trinajstić information content (AvgIpc) is 3.05. The molecule has 4 rings (SSSR count). The minimum Gasteiger partial charge on any atom is -0.383 e. The van der Waals surface area contributed by atoms with Crippen molar-refractivity contribution < 1.29 is 4.79 Å². The van der Waals surface area contributed by atoms with Crippen molar-refractivity contribution in [3.8, 4) is 0 Å². The maximum absolute atomic E-state index is 12.3. The van der Waals surface area contributed by atoms with Crippen LogP contribution in [0.4, 0.5) is 17.2 Å². The van der Waals surface area contributed by atoms with Crippen molar-refractivity contribution in [2.45, 2.75) is 30.8 Å². The minimum atomic E-state index is -0.0876. The van der Waals surface area contributed by atoms with Crippen LogP contribution in [0.5, 0.6) is 0 Å². The third kappa shape index (κ3) is 3.93. The number of nitrogens with one attached hydrogen (secondary N) is 1. The number of nitrogens with two attached hydrogens (primary N) is 1. The molecule has 3 N–H and O–H groups in total. The molecule has 0 fully saturated rings. The summed E-state index contributed by atoms with van der Waals surface area (Å²) < 4.78 is 0. The van der Waals surface area contributed by atoms with Gasteiger partial charge >= 0.3 is 0 Å². The van der Waals surface area contributed by atoms with Gasteiger partial charge in [0.15, 0.2) is 5.16 Å². The quantitative estimate of drug-likeness (QED) is 0.487. The number of carbonyl (C=O) groups excluding carboxylic acids is 1. The van der Waals surface area contributed by atoms with Crippen molar-refractivity contribution in [3.63, 3.8) is 0 Å². The van der Waals surface area contributed by atoms with Gasteiger partial charge in [-0.05, 0) is 55.5 Å². The van der Waals surface area contributed by atoms with E-state index in [0.29, 0.717) is 11.0 Å². The number of hydrogen-bond donors (Lipinski definition) is 2. The summed E-state index contributed by atoms with van der Waals surface area (Å²) in [5.41, 5.74) is 9.43. The average molecular weight is 414 g/mol. The SMILES string of the molecule is CN(C)c1ccc(NC(=O)CSc2nc(N)c3c4c(sc3n2)CCCC4)cc1. The molecule has 1 amide bonds. The molecule has 0 aliphatic heterocycles.